The maximum atomic E-state index is 13.0. The highest BCUT2D eigenvalue weighted by Gasteiger charge is 2.18. The standard InChI is InChI=1S/C22H21N5O/c1-16-7-5-9-18(13-16)27-21(14-19(25-27)20-10-6-12-26(20)2)22(28)24-15-17-8-3-4-11-23-17/h3-14H,15H2,1-2H3,(H,24,28). The Kier molecular flexibility index (Phi) is 4.76. The van der Waals surface area contributed by atoms with Gasteiger partial charge in [0.1, 0.15) is 11.4 Å². The highest BCUT2D eigenvalue weighted by Crippen LogP contribution is 2.22. The molecular formula is C22H21N5O. The van der Waals surface area contributed by atoms with Crippen molar-refractivity contribution in [3.63, 3.8) is 0 Å². The van der Waals surface area contributed by atoms with Crippen LogP contribution in [0.15, 0.2) is 73.1 Å². The molecule has 0 radical (unpaired) electrons. The minimum absolute atomic E-state index is 0.194. The third-order valence-electron chi connectivity index (χ3n) is 4.55. The molecule has 1 aromatic carbocycles. The van der Waals surface area contributed by atoms with E-state index < -0.39 is 0 Å². The van der Waals surface area contributed by atoms with Crippen molar-refractivity contribution in [1.82, 2.24) is 24.6 Å². The van der Waals surface area contributed by atoms with Crippen LogP contribution in [0.25, 0.3) is 17.1 Å². The van der Waals surface area contributed by atoms with Gasteiger partial charge in [-0.15, -0.1) is 0 Å². The molecule has 140 valence electrons. The topological polar surface area (TPSA) is 64.7 Å². The van der Waals surface area contributed by atoms with Crippen LogP contribution in [0.5, 0.6) is 0 Å². The highest BCUT2D eigenvalue weighted by atomic mass is 16.2. The molecule has 0 unspecified atom stereocenters. The Morgan fingerprint density at radius 1 is 1.07 bits per heavy atom. The third-order valence-corrected chi connectivity index (χ3v) is 4.55. The largest absolute Gasteiger partial charge is 0.349 e. The van der Waals surface area contributed by atoms with E-state index >= 15 is 0 Å². The summed E-state index contributed by atoms with van der Waals surface area (Å²) in [6, 6.07) is 19.3. The van der Waals surface area contributed by atoms with Crippen LogP contribution in [-0.4, -0.2) is 25.2 Å². The number of nitrogens with one attached hydrogen (secondary N) is 1. The monoisotopic (exact) mass is 371 g/mol. The van der Waals surface area contributed by atoms with Crippen LogP contribution in [0.3, 0.4) is 0 Å². The molecule has 6 heteroatoms. The number of carbonyl (C=O) groups is 1. The molecule has 4 rings (SSSR count). The maximum Gasteiger partial charge on any atom is 0.270 e. The smallest absolute Gasteiger partial charge is 0.270 e. The third kappa shape index (κ3) is 3.57. The van der Waals surface area contributed by atoms with Gasteiger partial charge in [0, 0.05) is 19.4 Å². The molecule has 3 heterocycles. The molecule has 28 heavy (non-hydrogen) atoms. The number of carbonyl (C=O) groups excluding carboxylic acids is 1. The molecule has 4 aromatic rings. The van der Waals surface area contributed by atoms with Gasteiger partial charge < -0.3 is 9.88 Å². The molecule has 0 fully saturated rings. The summed E-state index contributed by atoms with van der Waals surface area (Å²) in [6.07, 6.45) is 3.67. The highest BCUT2D eigenvalue weighted by molar-refractivity contribution is 5.94. The average molecular weight is 371 g/mol. The first kappa shape index (κ1) is 17.7. The van der Waals surface area contributed by atoms with Gasteiger partial charge in [-0.1, -0.05) is 18.2 Å². The van der Waals surface area contributed by atoms with Gasteiger partial charge >= 0.3 is 0 Å². The van der Waals surface area contributed by atoms with Gasteiger partial charge in [0.05, 0.1) is 23.6 Å². The van der Waals surface area contributed by atoms with Crippen LogP contribution in [0.4, 0.5) is 0 Å². The number of hydrogen-bond acceptors (Lipinski definition) is 3. The van der Waals surface area contributed by atoms with Crippen molar-refractivity contribution in [2.45, 2.75) is 13.5 Å². The molecule has 0 aliphatic rings. The van der Waals surface area contributed by atoms with Gasteiger partial charge in [-0.05, 0) is 55.0 Å². The van der Waals surface area contributed by atoms with Crippen molar-refractivity contribution < 1.29 is 4.79 Å². The molecule has 0 saturated heterocycles. The second-order valence-electron chi connectivity index (χ2n) is 6.67. The number of hydrogen-bond donors (Lipinski definition) is 1. The van der Waals surface area contributed by atoms with Crippen molar-refractivity contribution in [2.75, 3.05) is 0 Å². The van der Waals surface area contributed by atoms with Crippen LogP contribution in [0.2, 0.25) is 0 Å². The Morgan fingerprint density at radius 2 is 1.96 bits per heavy atom. The zero-order valence-corrected chi connectivity index (χ0v) is 15.8. The number of pyridine rings is 1. The summed E-state index contributed by atoms with van der Waals surface area (Å²) >= 11 is 0. The summed E-state index contributed by atoms with van der Waals surface area (Å²) in [5, 5.41) is 7.66. The van der Waals surface area contributed by atoms with Gasteiger partial charge in [0.15, 0.2) is 0 Å². The Labute approximate surface area is 163 Å². The lowest BCUT2D eigenvalue weighted by Gasteiger charge is -2.09. The first-order valence-electron chi connectivity index (χ1n) is 9.09. The van der Waals surface area contributed by atoms with Gasteiger partial charge in [0.25, 0.3) is 5.91 Å². The summed E-state index contributed by atoms with van der Waals surface area (Å²) in [6.45, 7) is 2.38. The van der Waals surface area contributed by atoms with E-state index in [2.05, 4.69) is 10.3 Å². The Morgan fingerprint density at radius 3 is 2.68 bits per heavy atom. The van der Waals surface area contributed by atoms with Crippen molar-refractivity contribution >= 4 is 5.91 Å². The van der Waals surface area contributed by atoms with E-state index in [1.807, 2.05) is 85.4 Å². The Bertz CT molecular complexity index is 1110. The van der Waals surface area contributed by atoms with E-state index in [1.54, 1.807) is 10.9 Å². The summed E-state index contributed by atoms with van der Waals surface area (Å²) in [7, 11) is 1.96. The predicted molar refractivity (Wildman–Crippen MR) is 108 cm³/mol. The number of aryl methyl sites for hydroxylation is 2. The van der Waals surface area contributed by atoms with Crippen molar-refractivity contribution in [3.05, 3.63) is 90.0 Å². The number of aromatic nitrogens is 4. The lowest BCUT2D eigenvalue weighted by atomic mass is 10.2. The molecular weight excluding hydrogens is 350 g/mol. The second kappa shape index (κ2) is 7.52. The fraction of sp³-hybridized carbons (Fsp3) is 0.136. The van der Waals surface area contributed by atoms with E-state index in [-0.39, 0.29) is 5.91 Å². The van der Waals surface area contributed by atoms with Crippen LogP contribution < -0.4 is 5.32 Å². The maximum absolute atomic E-state index is 13.0. The molecule has 0 aliphatic heterocycles. The molecule has 1 amide bonds. The van der Waals surface area contributed by atoms with Gasteiger partial charge in [-0.3, -0.25) is 9.78 Å². The second-order valence-corrected chi connectivity index (χ2v) is 6.67. The number of benzene rings is 1. The Hall–Kier alpha value is -3.67. The van der Waals surface area contributed by atoms with Crippen LogP contribution in [-0.2, 0) is 13.6 Å². The van der Waals surface area contributed by atoms with Crippen molar-refractivity contribution in [2.24, 2.45) is 7.05 Å². The summed E-state index contributed by atoms with van der Waals surface area (Å²) < 4.78 is 3.68. The first-order chi connectivity index (χ1) is 13.6. The van der Waals surface area contributed by atoms with Crippen LogP contribution in [0, 0.1) is 6.92 Å². The average Bonchev–Trinajstić information content (AvgIpc) is 3.33. The molecule has 0 saturated carbocycles. The molecule has 6 nitrogen and oxygen atoms in total. The summed E-state index contributed by atoms with van der Waals surface area (Å²) in [4.78, 5) is 17.2. The molecule has 0 spiro atoms. The van der Waals surface area contributed by atoms with E-state index in [4.69, 9.17) is 5.10 Å². The molecule has 1 N–H and O–H groups in total. The number of amides is 1. The fourth-order valence-corrected chi connectivity index (χ4v) is 3.12. The van der Waals surface area contributed by atoms with Gasteiger partial charge in [-0.25, -0.2) is 4.68 Å². The normalized spacial score (nSPS) is 10.8. The molecule has 3 aromatic heterocycles. The van der Waals surface area contributed by atoms with Gasteiger partial charge in [-0.2, -0.15) is 5.10 Å². The summed E-state index contributed by atoms with van der Waals surface area (Å²) in [5.74, 6) is -0.194. The SMILES string of the molecule is Cc1cccc(-n2nc(-c3cccn3C)cc2C(=O)NCc2ccccn2)c1. The van der Waals surface area contributed by atoms with Gasteiger partial charge in [0.2, 0.25) is 0 Å². The van der Waals surface area contributed by atoms with Crippen molar-refractivity contribution in [1.29, 1.82) is 0 Å². The zero-order chi connectivity index (χ0) is 19.5. The zero-order valence-electron chi connectivity index (χ0n) is 15.8. The molecule has 0 bridgehead atoms. The minimum Gasteiger partial charge on any atom is -0.349 e. The lowest BCUT2D eigenvalue weighted by molar-refractivity contribution is 0.0942. The van der Waals surface area contributed by atoms with Crippen LogP contribution >= 0.6 is 0 Å². The first-order valence-corrected chi connectivity index (χ1v) is 9.09. The van der Waals surface area contributed by atoms with E-state index in [1.165, 1.54) is 0 Å². The van der Waals surface area contributed by atoms with Crippen LogP contribution in [0.1, 0.15) is 21.7 Å². The van der Waals surface area contributed by atoms with E-state index in [9.17, 15) is 4.79 Å². The number of nitrogens with zero attached hydrogens (tertiary/aromatic N) is 4. The fourth-order valence-electron chi connectivity index (χ4n) is 3.12. The number of rotatable bonds is 5. The molecule has 0 atom stereocenters. The van der Waals surface area contributed by atoms with E-state index in [0.29, 0.717) is 12.2 Å². The molecule has 0 aliphatic carbocycles. The van der Waals surface area contributed by atoms with E-state index in [0.717, 1.165) is 28.3 Å². The summed E-state index contributed by atoms with van der Waals surface area (Å²) in [5.41, 5.74) is 4.94. The predicted octanol–water partition coefficient (Wildman–Crippen LogP) is 3.51. The minimum atomic E-state index is -0.194. The van der Waals surface area contributed by atoms with Crippen molar-refractivity contribution in [3.8, 4) is 17.1 Å². The lowest BCUT2D eigenvalue weighted by Crippen LogP contribution is -2.25. The Balaban J connectivity index is 1.71. The quantitative estimate of drug-likeness (QED) is 0.584.